The van der Waals surface area contributed by atoms with Crippen molar-refractivity contribution in [1.29, 1.82) is 0 Å². The average Bonchev–Trinajstić information content (AvgIpc) is 3.34. The molecule has 2 saturated heterocycles. The fourth-order valence-corrected chi connectivity index (χ4v) is 5.79. The number of aryl methyl sites for hydroxylation is 1. The average molecular weight is 525 g/mol. The first-order valence-electron chi connectivity index (χ1n) is 13.6. The molecule has 0 unspecified atom stereocenters. The standard InChI is InChI=1S/C30H41ClN4O2/c1-5-6-28(36)35-18-25(22-8-10-23(31)11-9-22)26(19-35)30(37)34-15-13-33(14-16-34)27-12-7-21(4)17-24(27)29(32)20(2)3/h7-12,17,20,25-26,29H,5-6,13-16,18-19,32H2,1-4H3/t25-,26+,29-/m0/s1. The molecule has 0 saturated carbocycles. The molecular formula is C30H41ClN4O2. The molecule has 4 rings (SSSR count). The van der Waals surface area contributed by atoms with Crippen LogP contribution in [0, 0.1) is 18.8 Å². The molecule has 3 atom stereocenters. The fraction of sp³-hybridized carbons (Fsp3) is 0.533. The van der Waals surface area contributed by atoms with Crippen molar-refractivity contribution in [3.8, 4) is 0 Å². The number of hydrogen-bond donors (Lipinski definition) is 1. The molecule has 2 aliphatic rings. The van der Waals surface area contributed by atoms with Gasteiger partial charge in [0.05, 0.1) is 5.92 Å². The molecule has 37 heavy (non-hydrogen) atoms. The van der Waals surface area contributed by atoms with Gasteiger partial charge in [-0.25, -0.2) is 0 Å². The Morgan fingerprint density at radius 1 is 1.00 bits per heavy atom. The quantitative estimate of drug-likeness (QED) is 0.553. The lowest BCUT2D eigenvalue weighted by molar-refractivity contribution is -0.136. The maximum atomic E-state index is 13.9. The Hall–Kier alpha value is -2.57. The number of carbonyl (C=O) groups excluding carboxylic acids is 2. The second-order valence-electron chi connectivity index (χ2n) is 11.0. The number of anilines is 1. The van der Waals surface area contributed by atoms with Gasteiger partial charge in [0.1, 0.15) is 0 Å². The molecule has 2 amide bonds. The van der Waals surface area contributed by atoms with Crippen LogP contribution in [0.4, 0.5) is 5.69 Å². The Morgan fingerprint density at radius 2 is 1.68 bits per heavy atom. The van der Waals surface area contributed by atoms with Crippen LogP contribution in [-0.2, 0) is 9.59 Å². The van der Waals surface area contributed by atoms with E-state index in [0.29, 0.717) is 43.5 Å². The number of piperazine rings is 1. The maximum absolute atomic E-state index is 13.9. The number of benzene rings is 2. The highest BCUT2D eigenvalue weighted by Crippen LogP contribution is 2.36. The Kier molecular flexibility index (Phi) is 8.81. The van der Waals surface area contributed by atoms with Crippen LogP contribution in [0.25, 0.3) is 0 Å². The van der Waals surface area contributed by atoms with Gasteiger partial charge >= 0.3 is 0 Å². The van der Waals surface area contributed by atoms with E-state index in [1.807, 2.05) is 41.0 Å². The summed E-state index contributed by atoms with van der Waals surface area (Å²) < 4.78 is 0. The van der Waals surface area contributed by atoms with E-state index in [1.165, 1.54) is 16.8 Å². The van der Waals surface area contributed by atoms with E-state index in [4.69, 9.17) is 17.3 Å². The number of carbonyl (C=O) groups is 2. The highest BCUT2D eigenvalue weighted by atomic mass is 35.5. The van der Waals surface area contributed by atoms with Crippen molar-refractivity contribution in [2.75, 3.05) is 44.2 Å². The summed E-state index contributed by atoms with van der Waals surface area (Å²) in [6.45, 7) is 12.3. The molecule has 2 aromatic carbocycles. The number of nitrogens with zero attached hydrogens (tertiary/aromatic N) is 3. The molecule has 2 fully saturated rings. The molecule has 7 heteroatoms. The molecule has 2 N–H and O–H groups in total. The first-order valence-corrected chi connectivity index (χ1v) is 14.0. The zero-order valence-electron chi connectivity index (χ0n) is 22.6. The van der Waals surface area contributed by atoms with Gasteiger partial charge in [0, 0.05) is 68.4 Å². The van der Waals surface area contributed by atoms with Gasteiger partial charge < -0.3 is 20.4 Å². The van der Waals surface area contributed by atoms with Crippen LogP contribution >= 0.6 is 11.6 Å². The molecule has 0 aromatic heterocycles. The van der Waals surface area contributed by atoms with E-state index in [1.54, 1.807) is 0 Å². The zero-order valence-corrected chi connectivity index (χ0v) is 23.4. The van der Waals surface area contributed by atoms with Crippen LogP contribution in [-0.4, -0.2) is 60.9 Å². The van der Waals surface area contributed by atoms with Gasteiger partial charge in [-0.15, -0.1) is 0 Å². The number of halogens is 1. The maximum Gasteiger partial charge on any atom is 0.228 e. The number of rotatable bonds is 7. The summed E-state index contributed by atoms with van der Waals surface area (Å²) in [4.78, 5) is 32.8. The predicted molar refractivity (Wildman–Crippen MR) is 151 cm³/mol. The minimum atomic E-state index is -0.238. The molecule has 6 nitrogen and oxygen atoms in total. The van der Waals surface area contributed by atoms with E-state index in [2.05, 4.69) is 43.9 Å². The Balaban J connectivity index is 1.49. The summed E-state index contributed by atoms with van der Waals surface area (Å²) in [5.74, 6) is 0.368. The van der Waals surface area contributed by atoms with Crippen molar-refractivity contribution in [1.82, 2.24) is 9.80 Å². The van der Waals surface area contributed by atoms with Gasteiger partial charge in [-0.1, -0.05) is 62.2 Å². The minimum Gasteiger partial charge on any atom is -0.368 e. The molecule has 0 radical (unpaired) electrons. The smallest absolute Gasteiger partial charge is 0.228 e. The van der Waals surface area contributed by atoms with E-state index >= 15 is 0 Å². The first-order chi connectivity index (χ1) is 17.7. The largest absolute Gasteiger partial charge is 0.368 e. The van der Waals surface area contributed by atoms with E-state index in [-0.39, 0.29) is 29.7 Å². The molecule has 2 heterocycles. The van der Waals surface area contributed by atoms with Gasteiger partial charge in [0.2, 0.25) is 11.8 Å². The summed E-state index contributed by atoms with van der Waals surface area (Å²) in [5.41, 5.74) is 11.2. The third kappa shape index (κ3) is 6.12. The van der Waals surface area contributed by atoms with Crippen LogP contribution in [0.15, 0.2) is 42.5 Å². The highest BCUT2D eigenvalue weighted by molar-refractivity contribution is 6.30. The van der Waals surface area contributed by atoms with Gasteiger partial charge in [0.25, 0.3) is 0 Å². The van der Waals surface area contributed by atoms with Crippen LogP contribution < -0.4 is 10.6 Å². The zero-order chi connectivity index (χ0) is 26.7. The van der Waals surface area contributed by atoms with E-state index in [9.17, 15) is 9.59 Å². The number of amides is 2. The second-order valence-corrected chi connectivity index (χ2v) is 11.4. The Labute approximate surface area is 226 Å². The molecule has 200 valence electrons. The fourth-order valence-electron chi connectivity index (χ4n) is 5.67. The van der Waals surface area contributed by atoms with Crippen molar-refractivity contribution in [3.63, 3.8) is 0 Å². The van der Waals surface area contributed by atoms with Crippen molar-refractivity contribution in [2.45, 2.75) is 52.5 Å². The monoisotopic (exact) mass is 524 g/mol. The summed E-state index contributed by atoms with van der Waals surface area (Å²) in [6.07, 6.45) is 1.33. The van der Waals surface area contributed by atoms with Gasteiger partial charge in [-0.3, -0.25) is 9.59 Å². The summed E-state index contributed by atoms with van der Waals surface area (Å²) in [5, 5.41) is 0.673. The van der Waals surface area contributed by atoms with Crippen molar-refractivity contribution < 1.29 is 9.59 Å². The van der Waals surface area contributed by atoms with Crippen LogP contribution in [0.1, 0.15) is 62.3 Å². The van der Waals surface area contributed by atoms with Crippen LogP contribution in [0.2, 0.25) is 5.02 Å². The highest BCUT2D eigenvalue weighted by Gasteiger charge is 2.42. The van der Waals surface area contributed by atoms with Gasteiger partial charge in [0.15, 0.2) is 0 Å². The van der Waals surface area contributed by atoms with Gasteiger partial charge in [-0.2, -0.15) is 0 Å². The molecule has 0 bridgehead atoms. The summed E-state index contributed by atoms with van der Waals surface area (Å²) >= 11 is 6.13. The van der Waals surface area contributed by atoms with E-state index < -0.39 is 0 Å². The van der Waals surface area contributed by atoms with E-state index in [0.717, 1.165) is 25.1 Å². The molecule has 2 aromatic rings. The summed E-state index contributed by atoms with van der Waals surface area (Å²) in [7, 11) is 0. The molecular weight excluding hydrogens is 484 g/mol. The third-order valence-corrected chi connectivity index (χ3v) is 8.20. The van der Waals surface area contributed by atoms with Crippen LogP contribution in [0.5, 0.6) is 0 Å². The number of likely N-dealkylation sites (tertiary alicyclic amines) is 1. The first kappa shape index (κ1) is 27.5. The van der Waals surface area contributed by atoms with Crippen molar-refractivity contribution in [2.24, 2.45) is 17.6 Å². The third-order valence-electron chi connectivity index (χ3n) is 7.94. The Bertz CT molecular complexity index is 1100. The summed E-state index contributed by atoms with van der Waals surface area (Å²) in [6, 6.07) is 14.2. The molecule has 2 aliphatic heterocycles. The topological polar surface area (TPSA) is 69.9 Å². The second kappa shape index (κ2) is 11.9. The normalized spacial score (nSPS) is 21.0. The minimum absolute atomic E-state index is 0.0173. The number of nitrogens with two attached hydrogens (primary N) is 1. The van der Waals surface area contributed by atoms with Crippen LogP contribution in [0.3, 0.4) is 0 Å². The van der Waals surface area contributed by atoms with Crippen molar-refractivity contribution >= 4 is 29.1 Å². The SMILES string of the molecule is CCCC(=O)N1C[C@@H](C(=O)N2CCN(c3ccc(C)cc3[C@@H](N)C(C)C)CC2)[C@H](c2ccc(Cl)cc2)C1. The lowest BCUT2D eigenvalue weighted by Gasteiger charge is -2.39. The lowest BCUT2D eigenvalue weighted by atomic mass is 9.88. The van der Waals surface area contributed by atoms with Gasteiger partial charge in [-0.05, 0) is 48.6 Å². The Morgan fingerprint density at radius 3 is 2.30 bits per heavy atom. The lowest BCUT2D eigenvalue weighted by Crippen LogP contribution is -2.51. The predicted octanol–water partition coefficient (Wildman–Crippen LogP) is 5.00. The molecule has 0 aliphatic carbocycles. The molecule has 0 spiro atoms. The van der Waals surface area contributed by atoms with Crippen molar-refractivity contribution in [3.05, 3.63) is 64.2 Å². The number of hydrogen-bond acceptors (Lipinski definition) is 4.